The predicted octanol–water partition coefficient (Wildman–Crippen LogP) is 1.80. The summed E-state index contributed by atoms with van der Waals surface area (Å²) in [6.45, 7) is 1.15. The number of hydrogen-bond donors (Lipinski definition) is 1. The molecule has 18 heavy (non-hydrogen) atoms. The summed E-state index contributed by atoms with van der Waals surface area (Å²) >= 11 is 0. The molecule has 0 unspecified atom stereocenters. The minimum Gasteiger partial charge on any atom is -0.494 e. The summed E-state index contributed by atoms with van der Waals surface area (Å²) in [6.07, 6.45) is 3.60. The third kappa shape index (κ3) is 2.68. The van der Waals surface area contributed by atoms with Crippen molar-refractivity contribution < 1.29 is 9.13 Å². The second-order valence-corrected chi connectivity index (χ2v) is 4.00. The third-order valence-electron chi connectivity index (χ3n) is 2.66. The summed E-state index contributed by atoms with van der Waals surface area (Å²) in [5.74, 6) is -0.0491. The molecular formula is C13H16FN3O. The lowest BCUT2D eigenvalue weighted by Gasteiger charge is -2.07. The molecule has 0 aliphatic rings. The minimum atomic E-state index is -0.316. The number of ether oxygens (including phenoxy) is 1. The van der Waals surface area contributed by atoms with Crippen LogP contribution < -0.4 is 10.1 Å². The van der Waals surface area contributed by atoms with Gasteiger partial charge in [-0.2, -0.15) is 0 Å². The van der Waals surface area contributed by atoms with Crippen LogP contribution in [0, 0.1) is 5.82 Å². The summed E-state index contributed by atoms with van der Waals surface area (Å²) in [5, 5.41) is 3.02. The third-order valence-corrected chi connectivity index (χ3v) is 2.66. The Morgan fingerprint density at radius 2 is 2.28 bits per heavy atom. The predicted molar refractivity (Wildman–Crippen MR) is 67.0 cm³/mol. The fourth-order valence-electron chi connectivity index (χ4n) is 1.80. The van der Waals surface area contributed by atoms with Crippen LogP contribution in [0.1, 0.15) is 11.3 Å². The molecule has 0 atom stereocenters. The number of methoxy groups -OCH3 is 1. The molecule has 1 aromatic carbocycles. The van der Waals surface area contributed by atoms with Crippen LogP contribution in [-0.2, 0) is 13.1 Å². The first kappa shape index (κ1) is 12.6. The quantitative estimate of drug-likeness (QED) is 0.878. The lowest BCUT2D eigenvalue weighted by molar-refractivity contribution is 0.383. The van der Waals surface area contributed by atoms with Crippen LogP contribution in [0.2, 0.25) is 0 Å². The molecule has 2 aromatic rings. The fraction of sp³-hybridized carbons (Fsp3) is 0.308. The van der Waals surface area contributed by atoms with Gasteiger partial charge in [0.25, 0.3) is 0 Å². The van der Waals surface area contributed by atoms with Gasteiger partial charge in [-0.3, -0.25) is 0 Å². The van der Waals surface area contributed by atoms with Crippen LogP contribution in [0.5, 0.6) is 5.75 Å². The van der Waals surface area contributed by atoms with E-state index in [2.05, 4.69) is 10.3 Å². The molecule has 1 N–H and O–H groups in total. The fourth-order valence-corrected chi connectivity index (χ4v) is 1.80. The van der Waals surface area contributed by atoms with Gasteiger partial charge in [0.1, 0.15) is 0 Å². The SMILES string of the molecule is CNCc1cn(Cc2cccc(OC)c2F)cn1. The molecule has 0 saturated heterocycles. The minimum absolute atomic E-state index is 0.267. The zero-order valence-corrected chi connectivity index (χ0v) is 10.5. The standard InChI is InChI=1S/C13H16FN3O/c1-15-6-11-8-17(9-16-11)7-10-4-3-5-12(18-2)13(10)14/h3-5,8-9,15H,6-7H2,1-2H3. The highest BCUT2D eigenvalue weighted by molar-refractivity contribution is 5.31. The first-order chi connectivity index (χ1) is 8.74. The molecule has 2 rings (SSSR count). The first-order valence-electron chi connectivity index (χ1n) is 5.71. The molecule has 5 heteroatoms. The van der Waals surface area contributed by atoms with Gasteiger partial charge in [0.15, 0.2) is 11.6 Å². The number of nitrogens with one attached hydrogen (secondary N) is 1. The Labute approximate surface area is 105 Å². The second kappa shape index (κ2) is 5.64. The van der Waals surface area contributed by atoms with Crippen molar-refractivity contribution in [3.63, 3.8) is 0 Å². The highest BCUT2D eigenvalue weighted by atomic mass is 19.1. The Bertz CT molecular complexity index is 525. The van der Waals surface area contributed by atoms with Crippen molar-refractivity contribution in [2.24, 2.45) is 0 Å². The van der Waals surface area contributed by atoms with Crippen LogP contribution in [0.4, 0.5) is 4.39 Å². The lowest BCUT2D eigenvalue weighted by Crippen LogP contribution is -2.05. The molecule has 1 aromatic heterocycles. The second-order valence-electron chi connectivity index (χ2n) is 4.00. The van der Waals surface area contributed by atoms with E-state index in [9.17, 15) is 4.39 Å². The summed E-state index contributed by atoms with van der Waals surface area (Å²) in [6, 6.07) is 5.14. The maximum Gasteiger partial charge on any atom is 0.170 e. The molecule has 1 heterocycles. The monoisotopic (exact) mass is 249 g/mol. The largest absolute Gasteiger partial charge is 0.494 e. The van der Waals surface area contributed by atoms with Crippen molar-refractivity contribution in [3.05, 3.63) is 47.8 Å². The van der Waals surface area contributed by atoms with E-state index in [0.29, 0.717) is 18.7 Å². The smallest absolute Gasteiger partial charge is 0.170 e. The molecule has 0 fully saturated rings. The summed E-state index contributed by atoms with van der Waals surface area (Å²) < 4.78 is 20.8. The van der Waals surface area contributed by atoms with Gasteiger partial charge in [0.05, 0.1) is 25.7 Å². The number of imidazole rings is 1. The number of benzene rings is 1. The van der Waals surface area contributed by atoms with Crippen molar-refractivity contribution in [2.75, 3.05) is 14.2 Å². The Hall–Kier alpha value is -1.88. The van der Waals surface area contributed by atoms with E-state index in [1.165, 1.54) is 7.11 Å². The van der Waals surface area contributed by atoms with E-state index in [1.807, 2.05) is 17.8 Å². The van der Waals surface area contributed by atoms with E-state index in [-0.39, 0.29) is 11.6 Å². The molecule has 0 aliphatic carbocycles. The summed E-state index contributed by atoms with van der Waals surface area (Å²) in [7, 11) is 3.32. The van der Waals surface area contributed by atoms with E-state index >= 15 is 0 Å². The Morgan fingerprint density at radius 3 is 3.00 bits per heavy atom. The van der Waals surface area contributed by atoms with E-state index in [4.69, 9.17) is 4.74 Å². The maximum atomic E-state index is 13.9. The van der Waals surface area contributed by atoms with Crippen molar-refractivity contribution in [1.82, 2.24) is 14.9 Å². The number of aromatic nitrogens is 2. The van der Waals surface area contributed by atoms with Gasteiger partial charge in [0.2, 0.25) is 0 Å². The molecule has 0 amide bonds. The summed E-state index contributed by atoms with van der Waals surface area (Å²) in [4.78, 5) is 4.22. The zero-order chi connectivity index (χ0) is 13.0. The van der Waals surface area contributed by atoms with Gasteiger partial charge in [0, 0.05) is 18.3 Å². The van der Waals surface area contributed by atoms with E-state index in [1.54, 1.807) is 24.5 Å². The molecule has 0 aliphatic heterocycles. The molecule has 96 valence electrons. The number of rotatable bonds is 5. The van der Waals surface area contributed by atoms with Gasteiger partial charge >= 0.3 is 0 Å². The van der Waals surface area contributed by atoms with Crippen LogP contribution in [0.15, 0.2) is 30.7 Å². The Morgan fingerprint density at radius 1 is 1.44 bits per heavy atom. The Balaban J connectivity index is 2.17. The highest BCUT2D eigenvalue weighted by Gasteiger charge is 2.08. The normalized spacial score (nSPS) is 10.6. The van der Waals surface area contributed by atoms with Crippen molar-refractivity contribution in [3.8, 4) is 5.75 Å². The zero-order valence-electron chi connectivity index (χ0n) is 10.5. The average molecular weight is 249 g/mol. The van der Waals surface area contributed by atoms with Crippen molar-refractivity contribution in [1.29, 1.82) is 0 Å². The number of hydrogen-bond acceptors (Lipinski definition) is 3. The van der Waals surface area contributed by atoms with Crippen LogP contribution in [0.25, 0.3) is 0 Å². The molecule has 4 nitrogen and oxygen atoms in total. The van der Waals surface area contributed by atoms with Crippen molar-refractivity contribution >= 4 is 0 Å². The van der Waals surface area contributed by atoms with Crippen LogP contribution in [-0.4, -0.2) is 23.7 Å². The van der Waals surface area contributed by atoms with Crippen molar-refractivity contribution in [2.45, 2.75) is 13.1 Å². The van der Waals surface area contributed by atoms with Gasteiger partial charge in [-0.15, -0.1) is 0 Å². The van der Waals surface area contributed by atoms with E-state index < -0.39 is 0 Å². The molecule has 0 saturated carbocycles. The van der Waals surface area contributed by atoms with Crippen LogP contribution >= 0.6 is 0 Å². The Kier molecular flexibility index (Phi) is 3.94. The number of halogens is 1. The topological polar surface area (TPSA) is 39.1 Å². The van der Waals surface area contributed by atoms with E-state index in [0.717, 1.165) is 5.69 Å². The van der Waals surface area contributed by atoms with Gasteiger partial charge < -0.3 is 14.6 Å². The molecule has 0 spiro atoms. The molecule has 0 radical (unpaired) electrons. The van der Waals surface area contributed by atoms with Gasteiger partial charge in [-0.25, -0.2) is 9.37 Å². The lowest BCUT2D eigenvalue weighted by atomic mass is 10.2. The average Bonchev–Trinajstić information content (AvgIpc) is 2.80. The number of nitrogens with zero attached hydrogens (tertiary/aromatic N) is 2. The molecule has 0 bridgehead atoms. The first-order valence-corrected chi connectivity index (χ1v) is 5.71. The van der Waals surface area contributed by atoms with Gasteiger partial charge in [-0.1, -0.05) is 12.1 Å². The maximum absolute atomic E-state index is 13.9. The molecular weight excluding hydrogens is 233 g/mol. The van der Waals surface area contributed by atoms with Gasteiger partial charge in [-0.05, 0) is 13.1 Å². The summed E-state index contributed by atoms with van der Waals surface area (Å²) in [5.41, 5.74) is 1.52. The highest BCUT2D eigenvalue weighted by Crippen LogP contribution is 2.20. The van der Waals surface area contributed by atoms with Crippen LogP contribution in [0.3, 0.4) is 0 Å².